The van der Waals surface area contributed by atoms with Crippen molar-refractivity contribution in [3.63, 3.8) is 0 Å². The van der Waals surface area contributed by atoms with Crippen molar-refractivity contribution in [1.29, 1.82) is 0 Å². The van der Waals surface area contributed by atoms with Gasteiger partial charge in [0.05, 0.1) is 0 Å². The zero-order valence-electron chi connectivity index (χ0n) is 50.4. The molecule has 0 spiro atoms. The Bertz CT molecular complexity index is 1710. The minimum Gasteiger partial charge on any atom is -0.462 e. The Morgan fingerprint density at radius 3 is 0.795 bits per heavy atom. The second-order valence-electron chi connectivity index (χ2n) is 20.6. The fraction of sp³-hybridized carbons (Fsp3) is 0.625. The highest BCUT2D eigenvalue weighted by Gasteiger charge is 2.19. The Hall–Kier alpha value is -4.71. The third-order valence-electron chi connectivity index (χ3n) is 13.1. The quantitative estimate of drug-likeness (QED) is 0.0261. The van der Waals surface area contributed by atoms with Gasteiger partial charge in [-0.05, 0) is 122 Å². The summed E-state index contributed by atoms with van der Waals surface area (Å²) in [6.45, 7) is 6.38. The number of rotatable bonds is 56. The maximum atomic E-state index is 12.9. The van der Waals surface area contributed by atoms with Gasteiger partial charge in [0, 0.05) is 19.3 Å². The van der Waals surface area contributed by atoms with Crippen molar-refractivity contribution in [3.8, 4) is 0 Å². The number of hydrogen-bond acceptors (Lipinski definition) is 6. The lowest BCUT2D eigenvalue weighted by Gasteiger charge is -2.18. The van der Waals surface area contributed by atoms with Crippen molar-refractivity contribution >= 4 is 17.9 Å². The summed E-state index contributed by atoms with van der Waals surface area (Å²) < 4.78 is 16.9. The highest BCUT2D eigenvalue weighted by Crippen LogP contribution is 2.15. The third-order valence-corrected chi connectivity index (χ3v) is 13.1. The molecule has 1 unspecified atom stereocenters. The van der Waals surface area contributed by atoms with Gasteiger partial charge in [-0.15, -0.1) is 0 Å². The van der Waals surface area contributed by atoms with E-state index in [2.05, 4.69) is 167 Å². The van der Waals surface area contributed by atoms with Crippen LogP contribution in [0.2, 0.25) is 0 Å². The summed E-state index contributed by atoms with van der Waals surface area (Å²) in [5, 5.41) is 0. The molecule has 0 N–H and O–H groups in total. The first-order valence-electron chi connectivity index (χ1n) is 31.8. The van der Waals surface area contributed by atoms with Crippen LogP contribution in [0, 0.1) is 0 Å². The topological polar surface area (TPSA) is 78.9 Å². The Kier molecular flexibility index (Phi) is 60.9. The lowest BCUT2D eigenvalue weighted by molar-refractivity contribution is -0.167. The van der Waals surface area contributed by atoms with E-state index in [1.54, 1.807) is 0 Å². The van der Waals surface area contributed by atoms with Crippen molar-refractivity contribution in [2.45, 2.75) is 277 Å². The number of carbonyl (C=O) groups is 3. The fourth-order valence-corrected chi connectivity index (χ4v) is 8.39. The van der Waals surface area contributed by atoms with Crippen LogP contribution in [-0.4, -0.2) is 37.2 Å². The van der Waals surface area contributed by atoms with Crippen molar-refractivity contribution in [1.82, 2.24) is 0 Å². The number of carbonyl (C=O) groups excluding carboxylic acids is 3. The Labute approximate surface area is 480 Å². The van der Waals surface area contributed by atoms with Gasteiger partial charge >= 0.3 is 17.9 Å². The highest BCUT2D eigenvalue weighted by atomic mass is 16.6. The first-order valence-corrected chi connectivity index (χ1v) is 31.8. The normalized spacial score (nSPS) is 13.1. The van der Waals surface area contributed by atoms with E-state index in [1.807, 2.05) is 0 Å². The Morgan fingerprint density at radius 1 is 0.269 bits per heavy atom. The van der Waals surface area contributed by atoms with Gasteiger partial charge in [0.2, 0.25) is 0 Å². The maximum absolute atomic E-state index is 12.9. The summed E-state index contributed by atoms with van der Waals surface area (Å²) >= 11 is 0. The molecule has 6 nitrogen and oxygen atoms in total. The molecule has 0 aliphatic carbocycles. The smallest absolute Gasteiger partial charge is 0.306 e. The van der Waals surface area contributed by atoms with Crippen LogP contribution in [0.3, 0.4) is 0 Å². The molecule has 0 aromatic carbocycles. The SMILES string of the molecule is CC/C=C\C/C=C\C/C=C\C/C=C\C/C=C\C/C=C\C/C=C\CCCCCC(=O)OCC(COC(=O)CCCCCCCCCCCCCC)OC(=O)CCCCCCCCC/C=C\C/C=C\C/C=C\C/C=C\C/C=C\CC. The van der Waals surface area contributed by atoms with E-state index in [0.717, 1.165) is 154 Å². The van der Waals surface area contributed by atoms with Crippen LogP contribution >= 0.6 is 0 Å². The van der Waals surface area contributed by atoms with Gasteiger partial charge in [0.15, 0.2) is 6.10 Å². The zero-order chi connectivity index (χ0) is 56.4. The van der Waals surface area contributed by atoms with Crippen molar-refractivity contribution in [2.24, 2.45) is 0 Å². The maximum Gasteiger partial charge on any atom is 0.306 e. The summed E-state index contributed by atoms with van der Waals surface area (Å²) in [6, 6.07) is 0. The van der Waals surface area contributed by atoms with Crippen LogP contribution < -0.4 is 0 Å². The first kappa shape index (κ1) is 73.3. The van der Waals surface area contributed by atoms with E-state index in [9.17, 15) is 14.4 Å². The Morgan fingerprint density at radius 2 is 0.500 bits per heavy atom. The van der Waals surface area contributed by atoms with E-state index < -0.39 is 6.10 Å². The molecule has 0 aliphatic heterocycles. The molecule has 0 bridgehead atoms. The fourth-order valence-electron chi connectivity index (χ4n) is 8.39. The molecule has 6 heteroatoms. The van der Waals surface area contributed by atoms with Crippen LogP contribution in [-0.2, 0) is 28.6 Å². The van der Waals surface area contributed by atoms with E-state index >= 15 is 0 Å². The molecule has 0 aromatic heterocycles. The Balaban J connectivity index is 4.44. The molecule has 0 fully saturated rings. The molecule has 0 amide bonds. The van der Waals surface area contributed by atoms with E-state index in [-0.39, 0.29) is 31.1 Å². The monoisotopic (exact) mass is 1080 g/mol. The van der Waals surface area contributed by atoms with Gasteiger partial charge in [-0.2, -0.15) is 0 Å². The number of allylic oxidation sites excluding steroid dienone is 24. The third kappa shape index (κ3) is 62.1. The molecule has 440 valence electrons. The summed E-state index contributed by atoms with van der Waals surface area (Å²) in [6.07, 6.45) is 92.7. The molecule has 0 saturated carbocycles. The largest absolute Gasteiger partial charge is 0.462 e. The molecule has 0 rings (SSSR count). The average molecular weight is 1080 g/mol. The van der Waals surface area contributed by atoms with Crippen LogP contribution in [0.4, 0.5) is 0 Å². The summed E-state index contributed by atoms with van der Waals surface area (Å²) in [5.41, 5.74) is 0. The minimum atomic E-state index is -0.804. The molecule has 1 atom stereocenters. The summed E-state index contributed by atoms with van der Waals surface area (Å²) in [4.78, 5) is 38.3. The lowest BCUT2D eigenvalue weighted by Crippen LogP contribution is -2.30. The molecule has 0 aliphatic rings. The van der Waals surface area contributed by atoms with E-state index in [0.29, 0.717) is 19.3 Å². The van der Waals surface area contributed by atoms with Crippen molar-refractivity contribution in [2.75, 3.05) is 13.2 Å². The molecule has 78 heavy (non-hydrogen) atoms. The number of unbranched alkanes of at least 4 members (excludes halogenated alkanes) is 21. The second-order valence-corrected chi connectivity index (χ2v) is 20.6. The molecule has 0 aromatic rings. The van der Waals surface area contributed by atoms with Gasteiger partial charge in [-0.25, -0.2) is 0 Å². The molecular weight excluding hydrogens is 961 g/mol. The molecule has 0 heterocycles. The van der Waals surface area contributed by atoms with Crippen LogP contribution in [0.25, 0.3) is 0 Å². The predicted octanol–water partition coefficient (Wildman–Crippen LogP) is 21.9. The number of ether oxygens (including phenoxy) is 3. The second kappa shape index (κ2) is 64.8. The van der Waals surface area contributed by atoms with Gasteiger partial charge in [0.25, 0.3) is 0 Å². The predicted molar refractivity (Wildman–Crippen MR) is 339 cm³/mol. The molecule has 0 radical (unpaired) electrons. The van der Waals surface area contributed by atoms with Crippen LogP contribution in [0.5, 0.6) is 0 Å². The van der Waals surface area contributed by atoms with E-state index in [4.69, 9.17) is 14.2 Å². The van der Waals surface area contributed by atoms with Gasteiger partial charge < -0.3 is 14.2 Å². The van der Waals surface area contributed by atoms with E-state index in [1.165, 1.54) is 77.0 Å². The van der Waals surface area contributed by atoms with Gasteiger partial charge in [-0.3, -0.25) is 14.4 Å². The summed E-state index contributed by atoms with van der Waals surface area (Å²) in [5.74, 6) is -0.942. The first-order chi connectivity index (χ1) is 38.5. The standard InChI is InChI=1S/C72H116O6/c1-4-7-10-13-16-19-22-25-27-29-31-33-35-36-38-39-41-43-45-47-50-53-56-59-62-65-71(74)77-68-69(67-76-70(73)64-61-58-55-52-49-24-21-18-15-12-9-6-3)78-72(75)66-63-60-57-54-51-48-46-44-42-40-37-34-32-30-28-26-23-20-17-14-11-8-5-2/h7-8,10-11,16-17,19-20,25-28,31-34,36,38,40-43,47,50,69H,4-6,9,12-15,18,21-24,29-30,35,37,39,44-46,48-49,51-68H2,1-3H3/b10-7-,11-8-,19-16-,20-17-,27-25-,28-26-,33-31-,34-32-,38-36-,42-40-,43-41-,50-47-. The van der Waals surface area contributed by atoms with Crippen molar-refractivity contribution in [3.05, 3.63) is 146 Å². The zero-order valence-corrected chi connectivity index (χ0v) is 50.4. The molecular formula is C72H116O6. The van der Waals surface area contributed by atoms with Crippen LogP contribution in [0.15, 0.2) is 146 Å². The average Bonchev–Trinajstić information content (AvgIpc) is 3.44. The minimum absolute atomic E-state index is 0.0966. The number of esters is 3. The van der Waals surface area contributed by atoms with Crippen molar-refractivity contribution < 1.29 is 28.6 Å². The lowest BCUT2D eigenvalue weighted by atomic mass is 10.0. The van der Waals surface area contributed by atoms with Crippen LogP contribution in [0.1, 0.15) is 271 Å². The van der Waals surface area contributed by atoms with Gasteiger partial charge in [-0.1, -0.05) is 276 Å². The number of hydrogen-bond donors (Lipinski definition) is 0. The summed E-state index contributed by atoms with van der Waals surface area (Å²) in [7, 11) is 0. The van der Waals surface area contributed by atoms with Gasteiger partial charge in [0.1, 0.15) is 13.2 Å². The highest BCUT2D eigenvalue weighted by molar-refractivity contribution is 5.71. The molecule has 0 saturated heterocycles.